The Morgan fingerprint density at radius 1 is 1.43 bits per heavy atom. The molecule has 78 valence electrons. The Balaban J connectivity index is 2.41. The predicted octanol–water partition coefficient (Wildman–Crippen LogP) is -1.06. The number of carbonyl (C=O) groups excluding carboxylic acids is 2. The van der Waals surface area contributed by atoms with Gasteiger partial charge in [0.2, 0.25) is 11.8 Å². The molecule has 0 aromatic carbocycles. The molecule has 1 unspecified atom stereocenters. The summed E-state index contributed by atoms with van der Waals surface area (Å²) in [5, 5.41) is 8.47. The largest absolute Gasteiger partial charge is 0.480 e. The standard InChI is InChI=1S/C8H12N2O4/c9-5(8(13)14)3-4-10-6(11)1-2-7(10)12/h5H,1-4,9H2,(H,13,14). The molecule has 0 aromatic rings. The molecule has 6 nitrogen and oxygen atoms in total. The molecule has 1 heterocycles. The molecular formula is C8H12N2O4. The Hall–Kier alpha value is -1.43. The number of carboxylic acids is 1. The smallest absolute Gasteiger partial charge is 0.320 e. The number of carbonyl (C=O) groups is 3. The van der Waals surface area contributed by atoms with Gasteiger partial charge in [0.15, 0.2) is 0 Å². The van der Waals surface area contributed by atoms with Gasteiger partial charge in [0.25, 0.3) is 0 Å². The van der Waals surface area contributed by atoms with Crippen LogP contribution < -0.4 is 5.73 Å². The number of hydrogen-bond donors (Lipinski definition) is 2. The van der Waals surface area contributed by atoms with Gasteiger partial charge in [-0.05, 0) is 6.42 Å². The topological polar surface area (TPSA) is 101 Å². The summed E-state index contributed by atoms with van der Waals surface area (Å²) in [4.78, 5) is 33.6. The molecule has 1 saturated heterocycles. The second-order valence-corrected chi connectivity index (χ2v) is 3.17. The third kappa shape index (κ3) is 2.29. The van der Waals surface area contributed by atoms with Crippen molar-refractivity contribution in [2.75, 3.05) is 6.54 Å². The van der Waals surface area contributed by atoms with Gasteiger partial charge in [0.1, 0.15) is 6.04 Å². The van der Waals surface area contributed by atoms with E-state index in [9.17, 15) is 14.4 Å². The molecular weight excluding hydrogens is 188 g/mol. The molecule has 1 atom stereocenters. The molecule has 1 aliphatic rings. The van der Waals surface area contributed by atoms with Crippen molar-refractivity contribution < 1.29 is 19.5 Å². The van der Waals surface area contributed by atoms with Crippen molar-refractivity contribution in [3.8, 4) is 0 Å². The van der Waals surface area contributed by atoms with Gasteiger partial charge in [-0.3, -0.25) is 19.3 Å². The number of aliphatic carboxylic acids is 1. The van der Waals surface area contributed by atoms with Gasteiger partial charge in [0.05, 0.1) is 0 Å². The summed E-state index contributed by atoms with van der Waals surface area (Å²) >= 11 is 0. The summed E-state index contributed by atoms with van der Waals surface area (Å²) < 4.78 is 0. The molecule has 0 saturated carbocycles. The molecule has 0 radical (unpaired) electrons. The van der Waals surface area contributed by atoms with Gasteiger partial charge in [0, 0.05) is 19.4 Å². The highest BCUT2D eigenvalue weighted by Crippen LogP contribution is 2.12. The van der Waals surface area contributed by atoms with E-state index in [0.717, 1.165) is 4.90 Å². The number of nitrogens with two attached hydrogens (primary N) is 1. The zero-order valence-electron chi connectivity index (χ0n) is 7.60. The van der Waals surface area contributed by atoms with Crippen molar-refractivity contribution in [1.82, 2.24) is 4.90 Å². The maximum atomic E-state index is 11.1. The Morgan fingerprint density at radius 3 is 2.36 bits per heavy atom. The first-order chi connectivity index (χ1) is 6.52. The van der Waals surface area contributed by atoms with Gasteiger partial charge in [-0.25, -0.2) is 0 Å². The summed E-state index contributed by atoms with van der Waals surface area (Å²) in [7, 11) is 0. The van der Waals surface area contributed by atoms with Gasteiger partial charge in [-0.1, -0.05) is 0 Å². The lowest BCUT2D eigenvalue weighted by molar-refractivity contribution is -0.142. The molecule has 3 N–H and O–H groups in total. The Morgan fingerprint density at radius 2 is 1.93 bits per heavy atom. The van der Waals surface area contributed by atoms with Crippen LogP contribution in [0.25, 0.3) is 0 Å². The molecule has 1 aliphatic heterocycles. The quantitative estimate of drug-likeness (QED) is 0.563. The van der Waals surface area contributed by atoms with Crippen molar-refractivity contribution in [2.45, 2.75) is 25.3 Å². The summed E-state index contributed by atoms with van der Waals surface area (Å²) in [6, 6.07) is -1.02. The fourth-order valence-corrected chi connectivity index (χ4v) is 1.26. The highest BCUT2D eigenvalue weighted by Gasteiger charge is 2.29. The van der Waals surface area contributed by atoms with Crippen LogP contribution in [0.3, 0.4) is 0 Å². The molecule has 1 fully saturated rings. The monoisotopic (exact) mass is 200 g/mol. The number of nitrogens with zero attached hydrogens (tertiary/aromatic N) is 1. The van der Waals surface area contributed by atoms with Crippen LogP contribution in [-0.2, 0) is 14.4 Å². The molecule has 0 bridgehead atoms. The van der Waals surface area contributed by atoms with Crippen molar-refractivity contribution in [3.63, 3.8) is 0 Å². The van der Waals surface area contributed by atoms with Crippen molar-refractivity contribution in [3.05, 3.63) is 0 Å². The van der Waals surface area contributed by atoms with Crippen LogP contribution in [0.1, 0.15) is 19.3 Å². The molecule has 0 aliphatic carbocycles. The zero-order chi connectivity index (χ0) is 10.7. The normalized spacial score (nSPS) is 18.8. The van der Waals surface area contributed by atoms with Crippen molar-refractivity contribution >= 4 is 17.8 Å². The molecule has 1 rings (SSSR count). The fourth-order valence-electron chi connectivity index (χ4n) is 1.26. The van der Waals surface area contributed by atoms with E-state index in [4.69, 9.17) is 10.8 Å². The Bertz CT molecular complexity index is 261. The van der Waals surface area contributed by atoms with E-state index < -0.39 is 12.0 Å². The van der Waals surface area contributed by atoms with E-state index in [2.05, 4.69) is 0 Å². The maximum Gasteiger partial charge on any atom is 0.320 e. The van der Waals surface area contributed by atoms with Gasteiger partial charge < -0.3 is 10.8 Å². The molecule has 2 amide bonds. The van der Waals surface area contributed by atoms with Crippen LogP contribution in [0.4, 0.5) is 0 Å². The van der Waals surface area contributed by atoms with Gasteiger partial charge >= 0.3 is 5.97 Å². The second-order valence-electron chi connectivity index (χ2n) is 3.17. The van der Waals surface area contributed by atoms with Crippen LogP contribution in [0.5, 0.6) is 0 Å². The molecule has 14 heavy (non-hydrogen) atoms. The van der Waals surface area contributed by atoms with Crippen LogP contribution in [0, 0.1) is 0 Å². The lowest BCUT2D eigenvalue weighted by Gasteiger charge is -2.14. The first-order valence-electron chi connectivity index (χ1n) is 4.34. The number of carboxylic acid groups (broad SMARTS) is 1. The molecule has 0 aromatic heterocycles. The SMILES string of the molecule is NC(CCN1C(=O)CCC1=O)C(=O)O. The van der Waals surface area contributed by atoms with Crippen molar-refractivity contribution in [2.24, 2.45) is 5.73 Å². The number of rotatable bonds is 4. The van der Waals surface area contributed by atoms with Crippen LogP contribution >= 0.6 is 0 Å². The molecule has 0 spiro atoms. The number of imide groups is 1. The average molecular weight is 200 g/mol. The van der Waals surface area contributed by atoms with Gasteiger partial charge in [-0.2, -0.15) is 0 Å². The summed E-state index contributed by atoms with van der Waals surface area (Å²) in [6.45, 7) is 0.102. The first-order valence-corrected chi connectivity index (χ1v) is 4.34. The Kier molecular flexibility index (Phi) is 3.19. The number of hydrogen-bond acceptors (Lipinski definition) is 4. The average Bonchev–Trinajstić information content (AvgIpc) is 2.43. The van der Waals surface area contributed by atoms with E-state index in [1.165, 1.54) is 0 Å². The van der Waals surface area contributed by atoms with E-state index in [1.807, 2.05) is 0 Å². The lowest BCUT2D eigenvalue weighted by atomic mass is 10.2. The third-order valence-corrected chi connectivity index (χ3v) is 2.14. The van der Waals surface area contributed by atoms with Gasteiger partial charge in [-0.15, -0.1) is 0 Å². The fraction of sp³-hybridized carbons (Fsp3) is 0.625. The third-order valence-electron chi connectivity index (χ3n) is 2.14. The minimum absolute atomic E-state index is 0.102. The summed E-state index contributed by atoms with van der Waals surface area (Å²) in [5.41, 5.74) is 5.24. The van der Waals surface area contributed by atoms with Crippen LogP contribution in [0.2, 0.25) is 0 Å². The second kappa shape index (κ2) is 4.19. The highest BCUT2D eigenvalue weighted by molar-refractivity contribution is 6.01. The minimum atomic E-state index is -1.12. The van der Waals surface area contributed by atoms with E-state index in [0.29, 0.717) is 0 Å². The number of amides is 2. The maximum absolute atomic E-state index is 11.1. The predicted molar refractivity (Wildman–Crippen MR) is 46.2 cm³/mol. The van der Waals surface area contributed by atoms with Crippen molar-refractivity contribution in [1.29, 1.82) is 0 Å². The van der Waals surface area contributed by atoms with E-state index in [1.54, 1.807) is 0 Å². The van der Waals surface area contributed by atoms with Crippen LogP contribution in [0.15, 0.2) is 0 Å². The van der Waals surface area contributed by atoms with Crippen LogP contribution in [-0.4, -0.2) is 40.4 Å². The van der Waals surface area contributed by atoms with E-state index in [-0.39, 0.29) is 37.6 Å². The Labute approximate surface area is 80.7 Å². The number of likely N-dealkylation sites (tertiary alicyclic amines) is 1. The highest BCUT2D eigenvalue weighted by atomic mass is 16.4. The lowest BCUT2D eigenvalue weighted by Crippen LogP contribution is -2.37. The first kappa shape index (κ1) is 10.6. The zero-order valence-corrected chi connectivity index (χ0v) is 7.60. The summed E-state index contributed by atoms with van der Waals surface area (Å²) in [6.07, 6.45) is 0.551. The van der Waals surface area contributed by atoms with E-state index >= 15 is 0 Å². The summed E-state index contributed by atoms with van der Waals surface area (Å²) in [5.74, 6) is -1.61. The molecule has 6 heteroatoms. The minimum Gasteiger partial charge on any atom is -0.480 e.